The Bertz CT molecular complexity index is 662. The minimum atomic E-state index is -0.960. The fourth-order valence-corrected chi connectivity index (χ4v) is 3.24. The SMILES string of the molecule is Cc1cc(C)c(C(=O)O)c(SCc2ccncc2Cl)n1. The lowest BCUT2D eigenvalue weighted by Crippen LogP contribution is -2.05. The molecule has 0 atom stereocenters. The van der Waals surface area contributed by atoms with Crippen LogP contribution in [-0.2, 0) is 5.75 Å². The van der Waals surface area contributed by atoms with E-state index in [2.05, 4.69) is 9.97 Å². The van der Waals surface area contributed by atoms with E-state index in [0.29, 0.717) is 21.4 Å². The van der Waals surface area contributed by atoms with Crippen molar-refractivity contribution >= 4 is 29.3 Å². The van der Waals surface area contributed by atoms with E-state index in [9.17, 15) is 9.90 Å². The zero-order chi connectivity index (χ0) is 14.7. The molecule has 0 aliphatic rings. The molecule has 0 saturated heterocycles. The van der Waals surface area contributed by atoms with E-state index in [-0.39, 0.29) is 5.56 Å². The largest absolute Gasteiger partial charge is 0.478 e. The van der Waals surface area contributed by atoms with Crippen molar-refractivity contribution in [3.63, 3.8) is 0 Å². The first-order valence-electron chi connectivity index (χ1n) is 5.91. The van der Waals surface area contributed by atoms with E-state index in [4.69, 9.17) is 11.6 Å². The quantitative estimate of drug-likeness (QED) is 0.872. The van der Waals surface area contributed by atoms with Crippen molar-refractivity contribution in [1.82, 2.24) is 9.97 Å². The van der Waals surface area contributed by atoms with Crippen molar-refractivity contribution in [2.24, 2.45) is 0 Å². The van der Waals surface area contributed by atoms with Crippen LogP contribution in [-0.4, -0.2) is 21.0 Å². The average Bonchev–Trinajstić information content (AvgIpc) is 2.36. The number of nitrogens with zero attached hydrogens (tertiary/aromatic N) is 2. The van der Waals surface area contributed by atoms with Gasteiger partial charge in [-0.3, -0.25) is 4.98 Å². The van der Waals surface area contributed by atoms with Crippen molar-refractivity contribution in [1.29, 1.82) is 0 Å². The molecule has 6 heteroatoms. The van der Waals surface area contributed by atoms with Crippen LogP contribution in [0, 0.1) is 13.8 Å². The molecule has 2 rings (SSSR count). The fourth-order valence-electron chi connectivity index (χ4n) is 1.83. The summed E-state index contributed by atoms with van der Waals surface area (Å²) in [6, 6.07) is 3.59. The summed E-state index contributed by atoms with van der Waals surface area (Å²) in [5.41, 5.74) is 2.68. The summed E-state index contributed by atoms with van der Waals surface area (Å²) in [5.74, 6) is -0.407. The molecule has 104 valence electrons. The van der Waals surface area contributed by atoms with Crippen molar-refractivity contribution < 1.29 is 9.90 Å². The summed E-state index contributed by atoms with van der Waals surface area (Å²) in [5, 5.41) is 10.4. The zero-order valence-electron chi connectivity index (χ0n) is 11.1. The molecular formula is C14H13ClN2O2S. The molecule has 2 heterocycles. The first-order valence-corrected chi connectivity index (χ1v) is 7.28. The number of rotatable bonds is 4. The van der Waals surface area contributed by atoms with Crippen LogP contribution in [0.15, 0.2) is 29.6 Å². The molecule has 0 aromatic carbocycles. The Kier molecular flexibility index (Phi) is 4.62. The van der Waals surface area contributed by atoms with E-state index in [1.807, 2.05) is 13.0 Å². The summed E-state index contributed by atoms with van der Waals surface area (Å²) in [4.78, 5) is 19.6. The molecule has 20 heavy (non-hydrogen) atoms. The first-order chi connectivity index (χ1) is 9.49. The Balaban J connectivity index is 2.30. The second-order valence-electron chi connectivity index (χ2n) is 4.32. The number of carbonyl (C=O) groups is 1. The third-order valence-corrected chi connectivity index (χ3v) is 4.11. The van der Waals surface area contributed by atoms with Gasteiger partial charge in [-0.15, -0.1) is 11.8 Å². The molecule has 0 aliphatic carbocycles. The smallest absolute Gasteiger partial charge is 0.338 e. The summed E-state index contributed by atoms with van der Waals surface area (Å²) in [6.45, 7) is 3.63. The van der Waals surface area contributed by atoms with Gasteiger partial charge in [0.25, 0.3) is 0 Å². The number of hydrogen-bond donors (Lipinski definition) is 1. The van der Waals surface area contributed by atoms with Gasteiger partial charge in [-0.2, -0.15) is 0 Å². The zero-order valence-corrected chi connectivity index (χ0v) is 12.6. The summed E-state index contributed by atoms with van der Waals surface area (Å²) in [7, 11) is 0. The molecule has 0 unspecified atom stereocenters. The van der Waals surface area contributed by atoms with Gasteiger partial charge in [-0.25, -0.2) is 9.78 Å². The highest BCUT2D eigenvalue weighted by molar-refractivity contribution is 7.98. The molecule has 0 spiro atoms. The van der Waals surface area contributed by atoms with Gasteiger partial charge in [0.05, 0.1) is 10.6 Å². The summed E-state index contributed by atoms with van der Waals surface area (Å²) >= 11 is 7.41. The van der Waals surface area contributed by atoms with Crippen LogP contribution in [0.25, 0.3) is 0 Å². The second-order valence-corrected chi connectivity index (χ2v) is 5.69. The Morgan fingerprint density at radius 2 is 2.20 bits per heavy atom. The molecule has 0 aliphatic heterocycles. The Labute approximate surface area is 126 Å². The third-order valence-electron chi connectivity index (χ3n) is 2.75. The number of hydrogen-bond acceptors (Lipinski definition) is 4. The van der Waals surface area contributed by atoms with Gasteiger partial charge >= 0.3 is 5.97 Å². The molecule has 1 N–H and O–H groups in total. The number of aromatic nitrogens is 2. The Morgan fingerprint density at radius 3 is 2.85 bits per heavy atom. The predicted octanol–water partition coefficient (Wildman–Crippen LogP) is 3.74. The topological polar surface area (TPSA) is 63.1 Å². The van der Waals surface area contributed by atoms with Crippen molar-refractivity contribution in [2.75, 3.05) is 0 Å². The van der Waals surface area contributed by atoms with E-state index >= 15 is 0 Å². The van der Waals surface area contributed by atoms with Gasteiger partial charge in [0.2, 0.25) is 0 Å². The molecular weight excluding hydrogens is 296 g/mol. The van der Waals surface area contributed by atoms with Crippen molar-refractivity contribution in [3.8, 4) is 0 Å². The second kappa shape index (κ2) is 6.24. The highest BCUT2D eigenvalue weighted by Crippen LogP contribution is 2.29. The van der Waals surface area contributed by atoms with Crippen molar-refractivity contribution in [2.45, 2.75) is 24.6 Å². The lowest BCUT2D eigenvalue weighted by atomic mass is 10.1. The van der Waals surface area contributed by atoms with E-state index in [1.165, 1.54) is 11.8 Å². The normalized spacial score (nSPS) is 10.6. The lowest BCUT2D eigenvalue weighted by molar-refractivity contribution is 0.0691. The predicted molar refractivity (Wildman–Crippen MR) is 79.5 cm³/mol. The van der Waals surface area contributed by atoms with Crippen LogP contribution in [0.4, 0.5) is 0 Å². The minimum Gasteiger partial charge on any atom is -0.478 e. The van der Waals surface area contributed by atoms with Crippen LogP contribution in [0.1, 0.15) is 27.2 Å². The van der Waals surface area contributed by atoms with Crippen LogP contribution in [0.5, 0.6) is 0 Å². The highest BCUT2D eigenvalue weighted by atomic mass is 35.5. The molecule has 4 nitrogen and oxygen atoms in total. The van der Waals surface area contributed by atoms with Crippen LogP contribution < -0.4 is 0 Å². The molecule has 0 fully saturated rings. The van der Waals surface area contributed by atoms with E-state index in [0.717, 1.165) is 11.3 Å². The van der Waals surface area contributed by atoms with Gasteiger partial charge in [0, 0.05) is 23.8 Å². The van der Waals surface area contributed by atoms with E-state index < -0.39 is 5.97 Å². The van der Waals surface area contributed by atoms with Gasteiger partial charge in [-0.05, 0) is 37.1 Å². The van der Waals surface area contributed by atoms with Gasteiger partial charge in [0.1, 0.15) is 5.03 Å². The molecule has 2 aromatic heterocycles. The number of aryl methyl sites for hydroxylation is 2. The van der Waals surface area contributed by atoms with E-state index in [1.54, 1.807) is 25.4 Å². The first kappa shape index (κ1) is 14.8. The number of aromatic carboxylic acids is 1. The van der Waals surface area contributed by atoms with Gasteiger partial charge in [0.15, 0.2) is 0 Å². The molecule has 0 radical (unpaired) electrons. The Morgan fingerprint density at radius 1 is 1.45 bits per heavy atom. The maximum absolute atomic E-state index is 11.3. The number of halogens is 1. The van der Waals surface area contributed by atoms with Crippen LogP contribution in [0.2, 0.25) is 5.02 Å². The number of carboxylic acid groups (broad SMARTS) is 1. The van der Waals surface area contributed by atoms with Gasteiger partial charge < -0.3 is 5.11 Å². The highest BCUT2D eigenvalue weighted by Gasteiger charge is 2.16. The maximum Gasteiger partial charge on any atom is 0.338 e. The minimum absolute atomic E-state index is 0.255. The number of carboxylic acids is 1. The Hall–Kier alpha value is -1.59. The number of pyridine rings is 2. The molecule has 0 amide bonds. The summed E-state index contributed by atoms with van der Waals surface area (Å²) < 4.78 is 0. The lowest BCUT2D eigenvalue weighted by Gasteiger charge is -2.09. The monoisotopic (exact) mass is 308 g/mol. The van der Waals surface area contributed by atoms with Crippen LogP contribution in [0.3, 0.4) is 0 Å². The number of thioether (sulfide) groups is 1. The summed E-state index contributed by atoms with van der Waals surface area (Å²) in [6.07, 6.45) is 3.24. The molecule has 0 bridgehead atoms. The fraction of sp³-hybridized carbons (Fsp3) is 0.214. The standard InChI is InChI=1S/C14H13ClN2O2S/c1-8-5-9(2)17-13(12(8)14(18)19)20-7-10-3-4-16-6-11(10)15/h3-6H,7H2,1-2H3,(H,18,19). The molecule has 2 aromatic rings. The van der Waals surface area contributed by atoms with Gasteiger partial charge in [-0.1, -0.05) is 11.6 Å². The maximum atomic E-state index is 11.3. The average molecular weight is 309 g/mol. The third kappa shape index (κ3) is 3.29. The molecule has 0 saturated carbocycles. The van der Waals surface area contributed by atoms with Crippen LogP contribution >= 0.6 is 23.4 Å². The van der Waals surface area contributed by atoms with Crippen molar-refractivity contribution in [3.05, 3.63) is 51.9 Å².